The SMILES string of the molecule is CCC1COC(=O)C1CCCCl. The molecule has 0 aromatic carbocycles. The van der Waals surface area contributed by atoms with Crippen molar-refractivity contribution in [3.8, 4) is 0 Å². The highest BCUT2D eigenvalue weighted by Crippen LogP contribution is 2.28. The molecule has 0 saturated carbocycles. The Balaban J connectivity index is 2.40. The minimum Gasteiger partial charge on any atom is -0.465 e. The normalized spacial score (nSPS) is 29.0. The van der Waals surface area contributed by atoms with Crippen LogP contribution < -0.4 is 0 Å². The Bertz CT molecular complexity index is 159. The third kappa shape index (κ3) is 2.13. The number of halogens is 1. The highest BCUT2D eigenvalue weighted by Gasteiger charge is 2.34. The highest BCUT2D eigenvalue weighted by atomic mass is 35.5. The first-order valence-corrected chi connectivity index (χ1v) is 5.05. The molecule has 2 atom stereocenters. The van der Waals surface area contributed by atoms with Gasteiger partial charge >= 0.3 is 5.97 Å². The first kappa shape index (κ1) is 9.85. The van der Waals surface area contributed by atoms with Gasteiger partial charge in [-0.05, 0) is 19.3 Å². The molecule has 12 heavy (non-hydrogen) atoms. The van der Waals surface area contributed by atoms with E-state index in [-0.39, 0.29) is 11.9 Å². The van der Waals surface area contributed by atoms with Gasteiger partial charge in [0.25, 0.3) is 0 Å². The maximum atomic E-state index is 11.2. The van der Waals surface area contributed by atoms with E-state index in [1.807, 2.05) is 0 Å². The van der Waals surface area contributed by atoms with Crippen LogP contribution in [-0.2, 0) is 9.53 Å². The van der Waals surface area contributed by atoms with Gasteiger partial charge in [0.2, 0.25) is 0 Å². The molecular weight excluding hydrogens is 176 g/mol. The van der Waals surface area contributed by atoms with Gasteiger partial charge in [0, 0.05) is 11.8 Å². The minimum absolute atomic E-state index is 0.0213. The van der Waals surface area contributed by atoms with Gasteiger partial charge in [0.1, 0.15) is 0 Å². The summed E-state index contributed by atoms with van der Waals surface area (Å²) in [5.74, 6) is 1.17. The van der Waals surface area contributed by atoms with Gasteiger partial charge in [0.05, 0.1) is 12.5 Å². The Hall–Kier alpha value is -0.240. The van der Waals surface area contributed by atoms with E-state index in [0.29, 0.717) is 18.4 Å². The van der Waals surface area contributed by atoms with E-state index in [4.69, 9.17) is 16.3 Å². The molecule has 0 aliphatic carbocycles. The third-order valence-electron chi connectivity index (χ3n) is 2.48. The number of carbonyl (C=O) groups excluding carboxylic acids is 1. The minimum atomic E-state index is -0.0213. The van der Waals surface area contributed by atoms with Crippen molar-refractivity contribution in [3.63, 3.8) is 0 Å². The van der Waals surface area contributed by atoms with Crippen LogP contribution in [-0.4, -0.2) is 18.5 Å². The molecule has 1 aliphatic rings. The molecule has 0 aromatic rings. The standard InChI is InChI=1S/C9H15ClO2/c1-2-7-6-12-9(11)8(7)4-3-5-10/h7-8H,2-6H2,1H3. The van der Waals surface area contributed by atoms with E-state index >= 15 is 0 Å². The fraction of sp³-hybridized carbons (Fsp3) is 0.889. The molecule has 2 nitrogen and oxygen atoms in total. The fourth-order valence-electron chi connectivity index (χ4n) is 1.66. The fourth-order valence-corrected chi connectivity index (χ4v) is 1.81. The van der Waals surface area contributed by atoms with Gasteiger partial charge in [-0.15, -0.1) is 11.6 Å². The van der Waals surface area contributed by atoms with Crippen molar-refractivity contribution in [1.82, 2.24) is 0 Å². The molecule has 0 spiro atoms. The van der Waals surface area contributed by atoms with E-state index in [9.17, 15) is 4.79 Å². The van der Waals surface area contributed by atoms with E-state index in [0.717, 1.165) is 19.3 Å². The molecular formula is C9H15ClO2. The summed E-state index contributed by atoms with van der Waals surface area (Å²) < 4.78 is 4.98. The Kier molecular flexibility index (Phi) is 3.86. The maximum absolute atomic E-state index is 11.2. The zero-order chi connectivity index (χ0) is 8.97. The molecule has 0 N–H and O–H groups in total. The second kappa shape index (κ2) is 4.70. The predicted molar refractivity (Wildman–Crippen MR) is 48.2 cm³/mol. The van der Waals surface area contributed by atoms with Crippen molar-refractivity contribution in [2.24, 2.45) is 11.8 Å². The van der Waals surface area contributed by atoms with Crippen LogP contribution >= 0.6 is 11.6 Å². The van der Waals surface area contributed by atoms with Crippen molar-refractivity contribution in [3.05, 3.63) is 0 Å². The first-order chi connectivity index (χ1) is 5.79. The first-order valence-electron chi connectivity index (χ1n) is 4.52. The van der Waals surface area contributed by atoms with Gasteiger partial charge in [0.15, 0.2) is 0 Å². The summed E-state index contributed by atoms with van der Waals surface area (Å²) in [6.07, 6.45) is 2.83. The van der Waals surface area contributed by atoms with Crippen molar-refractivity contribution in [1.29, 1.82) is 0 Å². The number of cyclic esters (lactones) is 1. The number of hydrogen-bond donors (Lipinski definition) is 0. The summed E-state index contributed by atoms with van der Waals surface area (Å²) in [4.78, 5) is 11.2. The van der Waals surface area contributed by atoms with Crippen LogP contribution in [0.2, 0.25) is 0 Å². The number of rotatable bonds is 4. The lowest BCUT2D eigenvalue weighted by Gasteiger charge is -2.11. The number of esters is 1. The van der Waals surface area contributed by atoms with Crippen LogP contribution in [0.1, 0.15) is 26.2 Å². The smallest absolute Gasteiger partial charge is 0.309 e. The third-order valence-corrected chi connectivity index (χ3v) is 2.75. The van der Waals surface area contributed by atoms with Gasteiger partial charge in [-0.1, -0.05) is 6.92 Å². The molecule has 1 heterocycles. The average Bonchev–Trinajstić information content (AvgIpc) is 2.43. The molecule has 0 bridgehead atoms. The van der Waals surface area contributed by atoms with Crippen LogP contribution in [0.5, 0.6) is 0 Å². The van der Waals surface area contributed by atoms with E-state index < -0.39 is 0 Å². The molecule has 0 amide bonds. The van der Waals surface area contributed by atoms with E-state index in [1.165, 1.54) is 0 Å². The van der Waals surface area contributed by atoms with E-state index in [2.05, 4.69) is 6.92 Å². The summed E-state index contributed by atoms with van der Waals surface area (Å²) in [6, 6.07) is 0. The molecule has 70 valence electrons. The van der Waals surface area contributed by atoms with Gasteiger partial charge in [-0.25, -0.2) is 0 Å². The zero-order valence-corrected chi connectivity index (χ0v) is 8.14. The number of ether oxygens (including phenoxy) is 1. The van der Waals surface area contributed by atoms with Crippen LogP contribution in [0.4, 0.5) is 0 Å². The van der Waals surface area contributed by atoms with Crippen LogP contribution in [0, 0.1) is 11.8 Å². The maximum Gasteiger partial charge on any atom is 0.309 e. The zero-order valence-electron chi connectivity index (χ0n) is 7.38. The molecule has 1 fully saturated rings. The van der Waals surface area contributed by atoms with Crippen molar-refractivity contribution in [2.75, 3.05) is 12.5 Å². The molecule has 1 saturated heterocycles. The summed E-state index contributed by atoms with van der Waals surface area (Å²) in [7, 11) is 0. The monoisotopic (exact) mass is 190 g/mol. The van der Waals surface area contributed by atoms with Gasteiger partial charge < -0.3 is 4.74 Å². The predicted octanol–water partition coefficient (Wildman–Crippen LogP) is 2.20. The quantitative estimate of drug-likeness (QED) is 0.502. The Morgan fingerprint density at radius 2 is 2.42 bits per heavy atom. The van der Waals surface area contributed by atoms with Gasteiger partial charge in [-0.3, -0.25) is 4.79 Å². The summed E-state index contributed by atoms with van der Waals surface area (Å²) in [6.45, 7) is 2.71. The number of alkyl halides is 1. The lowest BCUT2D eigenvalue weighted by atomic mass is 9.89. The van der Waals surface area contributed by atoms with Gasteiger partial charge in [-0.2, -0.15) is 0 Å². The van der Waals surface area contributed by atoms with Crippen LogP contribution in [0.3, 0.4) is 0 Å². The Morgan fingerprint density at radius 1 is 1.67 bits per heavy atom. The lowest BCUT2D eigenvalue weighted by Crippen LogP contribution is -2.15. The second-order valence-electron chi connectivity index (χ2n) is 3.24. The molecule has 1 aliphatic heterocycles. The average molecular weight is 191 g/mol. The number of hydrogen-bond acceptors (Lipinski definition) is 2. The topological polar surface area (TPSA) is 26.3 Å². The molecule has 0 aromatic heterocycles. The van der Waals surface area contributed by atoms with Crippen LogP contribution in [0.25, 0.3) is 0 Å². The van der Waals surface area contributed by atoms with E-state index in [1.54, 1.807) is 0 Å². The number of carbonyl (C=O) groups is 1. The summed E-state index contributed by atoms with van der Waals surface area (Å²) in [5.41, 5.74) is 0. The molecule has 2 unspecified atom stereocenters. The Labute approximate surface area is 78.2 Å². The van der Waals surface area contributed by atoms with Crippen LogP contribution in [0.15, 0.2) is 0 Å². The van der Waals surface area contributed by atoms with Crippen molar-refractivity contribution < 1.29 is 9.53 Å². The lowest BCUT2D eigenvalue weighted by molar-refractivity contribution is -0.141. The molecule has 0 radical (unpaired) electrons. The summed E-state index contributed by atoms with van der Waals surface area (Å²) >= 11 is 5.57. The largest absolute Gasteiger partial charge is 0.465 e. The van der Waals surface area contributed by atoms with Crippen molar-refractivity contribution >= 4 is 17.6 Å². The second-order valence-corrected chi connectivity index (χ2v) is 3.61. The molecule has 3 heteroatoms. The van der Waals surface area contributed by atoms with Crippen molar-refractivity contribution in [2.45, 2.75) is 26.2 Å². The highest BCUT2D eigenvalue weighted by molar-refractivity contribution is 6.17. The molecule has 1 rings (SSSR count). The summed E-state index contributed by atoms with van der Waals surface area (Å²) in [5, 5.41) is 0. The Morgan fingerprint density at radius 3 is 3.00 bits per heavy atom.